The molecule has 0 spiro atoms. The van der Waals surface area contributed by atoms with Gasteiger partial charge in [0.25, 0.3) is 0 Å². The molecule has 2 rings (SSSR count). The van der Waals surface area contributed by atoms with E-state index < -0.39 is 0 Å². The summed E-state index contributed by atoms with van der Waals surface area (Å²) in [5.41, 5.74) is 8.06. The number of nitrogens with zero attached hydrogens (tertiary/aromatic N) is 3. The van der Waals surface area contributed by atoms with Gasteiger partial charge < -0.3 is 16.0 Å². The molecule has 1 aromatic heterocycles. The monoisotopic (exact) mass is 427 g/mol. The summed E-state index contributed by atoms with van der Waals surface area (Å²) < 4.78 is 0. The standard InChI is InChI=1S/C17H25N5.HI/c1-5-12(2)20-17(18)19-11-13-10-16(22(3)4)21-15-9-7-6-8-14(13)15;/h6-10,12H,5,11H2,1-4H3,(H3,18,19,20);1H. The fourth-order valence-electron chi connectivity index (χ4n) is 2.16. The summed E-state index contributed by atoms with van der Waals surface area (Å²) in [4.78, 5) is 11.1. The van der Waals surface area contributed by atoms with E-state index in [2.05, 4.69) is 41.3 Å². The average molecular weight is 427 g/mol. The van der Waals surface area contributed by atoms with E-state index in [1.54, 1.807) is 0 Å². The second-order valence-electron chi connectivity index (χ2n) is 5.71. The van der Waals surface area contributed by atoms with Crippen LogP contribution in [0, 0.1) is 0 Å². The van der Waals surface area contributed by atoms with Crippen LogP contribution in [0.2, 0.25) is 0 Å². The average Bonchev–Trinajstić information content (AvgIpc) is 2.52. The number of hydrogen-bond acceptors (Lipinski definition) is 3. The van der Waals surface area contributed by atoms with Gasteiger partial charge in [0.2, 0.25) is 0 Å². The highest BCUT2D eigenvalue weighted by Crippen LogP contribution is 2.22. The zero-order valence-electron chi connectivity index (χ0n) is 14.2. The fourth-order valence-corrected chi connectivity index (χ4v) is 2.16. The summed E-state index contributed by atoms with van der Waals surface area (Å²) in [5, 5.41) is 4.31. The van der Waals surface area contributed by atoms with Crippen LogP contribution in [0.5, 0.6) is 0 Å². The summed E-state index contributed by atoms with van der Waals surface area (Å²) in [6.07, 6.45) is 1.01. The van der Waals surface area contributed by atoms with Crippen molar-refractivity contribution in [2.75, 3.05) is 19.0 Å². The Balaban J connectivity index is 0.00000264. The predicted molar refractivity (Wildman–Crippen MR) is 110 cm³/mol. The van der Waals surface area contributed by atoms with Crippen molar-refractivity contribution in [3.8, 4) is 0 Å². The molecule has 6 heteroatoms. The molecule has 0 bridgehead atoms. The maximum atomic E-state index is 5.95. The van der Waals surface area contributed by atoms with Gasteiger partial charge in [-0.1, -0.05) is 25.1 Å². The first kappa shape index (κ1) is 19.5. The molecule has 23 heavy (non-hydrogen) atoms. The number of benzene rings is 1. The first-order chi connectivity index (χ1) is 10.5. The van der Waals surface area contributed by atoms with Gasteiger partial charge in [-0.15, -0.1) is 24.0 Å². The van der Waals surface area contributed by atoms with Gasteiger partial charge in [0.15, 0.2) is 5.96 Å². The molecule has 1 atom stereocenters. The number of guanidine groups is 1. The lowest BCUT2D eigenvalue weighted by Gasteiger charge is -2.15. The molecule has 1 unspecified atom stereocenters. The van der Waals surface area contributed by atoms with Gasteiger partial charge in [0.1, 0.15) is 5.82 Å². The number of para-hydroxylation sites is 1. The van der Waals surface area contributed by atoms with Gasteiger partial charge in [0.05, 0.1) is 12.1 Å². The molecule has 2 aromatic rings. The molecule has 5 nitrogen and oxygen atoms in total. The summed E-state index contributed by atoms with van der Waals surface area (Å²) in [6, 6.07) is 10.5. The minimum absolute atomic E-state index is 0. The third-order valence-corrected chi connectivity index (χ3v) is 3.67. The third-order valence-electron chi connectivity index (χ3n) is 3.67. The van der Waals surface area contributed by atoms with Crippen molar-refractivity contribution in [1.82, 2.24) is 10.3 Å². The van der Waals surface area contributed by atoms with Crippen LogP contribution in [0.1, 0.15) is 25.8 Å². The number of hydrogen-bond donors (Lipinski definition) is 2. The van der Waals surface area contributed by atoms with Crippen LogP contribution in [0.3, 0.4) is 0 Å². The highest BCUT2D eigenvalue weighted by molar-refractivity contribution is 14.0. The molecule has 0 aliphatic heterocycles. The molecule has 0 aliphatic rings. The van der Waals surface area contributed by atoms with E-state index in [9.17, 15) is 0 Å². The molecule has 0 fully saturated rings. The van der Waals surface area contributed by atoms with Crippen molar-refractivity contribution in [3.63, 3.8) is 0 Å². The molecule has 0 aliphatic carbocycles. The first-order valence-corrected chi connectivity index (χ1v) is 7.63. The van der Waals surface area contributed by atoms with Gasteiger partial charge in [0, 0.05) is 25.5 Å². The Morgan fingerprint density at radius 3 is 2.70 bits per heavy atom. The van der Waals surface area contributed by atoms with Crippen LogP contribution in [-0.2, 0) is 6.54 Å². The summed E-state index contributed by atoms with van der Waals surface area (Å²) >= 11 is 0. The number of nitrogens with two attached hydrogens (primary N) is 1. The summed E-state index contributed by atoms with van der Waals surface area (Å²) in [7, 11) is 3.98. The SMILES string of the molecule is CCC(C)NC(N)=NCc1cc(N(C)C)nc2ccccc12.I. The van der Waals surface area contributed by atoms with E-state index >= 15 is 0 Å². The number of fused-ring (bicyclic) bond motifs is 1. The Bertz CT molecular complexity index is 669. The molecular formula is C17H26IN5. The van der Waals surface area contributed by atoms with E-state index in [4.69, 9.17) is 5.73 Å². The second kappa shape index (κ2) is 8.90. The summed E-state index contributed by atoms with van der Waals surface area (Å²) in [5.74, 6) is 1.42. The smallest absolute Gasteiger partial charge is 0.189 e. The van der Waals surface area contributed by atoms with Crippen molar-refractivity contribution < 1.29 is 0 Å². The predicted octanol–water partition coefficient (Wildman–Crippen LogP) is 3.12. The zero-order chi connectivity index (χ0) is 16.1. The van der Waals surface area contributed by atoms with Crippen molar-refractivity contribution in [2.45, 2.75) is 32.9 Å². The Morgan fingerprint density at radius 2 is 2.04 bits per heavy atom. The molecule has 126 valence electrons. The highest BCUT2D eigenvalue weighted by Gasteiger charge is 2.07. The normalized spacial score (nSPS) is 12.6. The van der Waals surface area contributed by atoms with Crippen LogP contribution in [0.15, 0.2) is 35.3 Å². The van der Waals surface area contributed by atoms with Gasteiger partial charge in [-0.25, -0.2) is 9.98 Å². The van der Waals surface area contributed by atoms with E-state index in [1.807, 2.05) is 37.2 Å². The molecule has 0 radical (unpaired) electrons. The van der Waals surface area contributed by atoms with Crippen molar-refractivity contribution in [1.29, 1.82) is 0 Å². The minimum atomic E-state index is 0. The molecule has 0 amide bonds. The number of aromatic nitrogens is 1. The van der Waals surface area contributed by atoms with Crippen molar-refractivity contribution in [3.05, 3.63) is 35.9 Å². The van der Waals surface area contributed by atoms with Crippen molar-refractivity contribution in [2.24, 2.45) is 10.7 Å². The third kappa shape index (κ3) is 5.23. The topological polar surface area (TPSA) is 66.5 Å². The Kier molecular flexibility index (Phi) is 7.54. The van der Waals surface area contributed by atoms with Gasteiger partial charge in [-0.2, -0.15) is 0 Å². The zero-order valence-corrected chi connectivity index (χ0v) is 16.5. The second-order valence-corrected chi connectivity index (χ2v) is 5.71. The number of aliphatic imine (C=N–C) groups is 1. The van der Waals surface area contributed by atoms with Gasteiger partial charge in [-0.05, 0) is 31.0 Å². The number of rotatable bonds is 5. The molecule has 0 saturated carbocycles. The molecule has 0 saturated heterocycles. The van der Waals surface area contributed by atoms with Crippen LogP contribution in [0.4, 0.5) is 5.82 Å². The first-order valence-electron chi connectivity index (χ1n) is 7.63. The van der Waals surface area contributed by atoms with E-state index in [0.717, 1.165) is 28.7 Å². The van der Waals surface area contributed by atoms with Gasteiger partial charge in [-0.3, -0.25) is 0 Å². The highest BCUT2D eigenvalue weighted by atomic mass is 127. The lowest BCUT2D eigenvalue weighted by atomic mass is 10.1. The van der Waals surface area contributed by atoms with E-state index in [-0.39, 0.29) is 24.0 Å². The molecular weight excluding hydrogens is 401 g/mol. The quantitative estimate of drug-likeness (QED) is 0.437. The molecule has 1 aromatic carbocycles. The maximum Gasteiger partial charge on any atom is 0.189 e. The van der Waals surface area contributed by atoms with Crippen LogP contribution < -0.4 is 16.0 Å². The number of pyridine rings is 1. The van der Waals surface area contributed by atoms with Gasteiger partial charge >= 0.3 is 0 Å². The number of nitrogens with one attached hydrogen (secondary N) is 1. The molecule has 3 N–H and O–H groups in total. The Morgan fingerprint density at radius 1 is 1.35 bits per heavy atom. The summed E-state index contributed by atoms with van der Waals surface area (Å²) in [6.45, 7) is 4.75. The number of halogens is 1. The Labute approximate surface area is 155 Å². The Hall–Kier alpha value is -1.57. The lowest BCUT2D eigenvalue weighted by molar-refractivity contribution is 0.636. The molecule has 1 heterocycles. The van der Waals surface area contributed by atoms with E-state index in [1.165, 1.54) is 0 Å². The fraction of sp³-hybridized carbons (Fsp3) is 0.412. The van der Waals surface area contributed by atoms with Crippen molar-refractivity contribution >= 4 is 46.7 Å². The van der Waals surface area contributed by atoms with Crippen LogP contribution in [0.25, 0.3) is 10.9 Å². The van der Waals surface area contributed by atoms with Crippen LogP contribution >= 0.6 is 24.0 Å². The van der Waals surface area contributed by atoms with Crippen LogP contribution in [-0.4, -0.2) is 31.1 Å². The minimum Gasteiger partial charge on any atom is -0.370 e. The maximum absolute atomic E-state index is 5.95. The number of anilines is 1. The lowest BCUT2D eigenvalue weighted by Crippen LogP contribution is -2.38. The largest absolute Gasteiger partial charge is 0.370 e. The van der Waals surface area contributed by atoms with E-state index in [0.29, 0.717) is 18.5 Å².